The third-order valence-electron chi connectivity index (χ3n) is 2.34. The third kappa shape index (κ3) is 1.73. The molecule has 0 saturated heterocycles. The molecule has 0 aliphatic heterocycles. The van der Waals surface area contributed by atoms with E-state index >= 15 is 0 Å². The minimum absolute atomic E-state index is 0.0987. The molecule has 2 rings (SSSR count). The molecule has 0 unspecified atom stereocenters. The third-order valence-corrected chi connectivity index (χ3v) is 2.34. The van der Waals surface area contributed by atoms with Crippen LogP contribution in [0.2, 0.25) is 0 Å². The average molecular weight is 219 g/mol. The predicted octanol–water partition coefficient (Wildman–Crippen LogP) is 0.653. The number of aromatic nitrogens is 5. The first-order valence-corrected chi connectivity index (χ1v) is 5.13. The van der Waals surface area contributed by atoms with Crippen LogP contribution in [0, 0.1) is 0 Å². The van der Waals surface area contributed by atoms with Crippen molar-refractivity contribution in [3.63, 3.8) is 0 Å². The van der Waals surface area contributed by atoms with Crippen molar-refractivity contribution >= 4 is 5.78 Å². The molecular formula is C10H13N5O. The molecule has 2 aromatic rings. The molecule has 0 aromatic carbocycles. The lowest BCUT2D eigenvalue weighted by Crippen LogP contribution is -2.13. The number of nitrogens with zero attached hydrogens (tertiary/aromatic N) is 5. The second-order valence-corrected chi connectivity index (χ2v) is 3.56. The van der Waals surface area contributed by atoms with E-state index in [1.54, 1.807) is 28.8 Å². The molecule has 0 atom stereocenters. The van der Waals surface area contributed by atoms with E-state index in [1.807, 2.05) is 6.92 Å². The maximum atomic E-state index is 12.1. The molecule has 0 N–H and O–H groups in total. The number of imidazole rings is 1. The Balaban J connectivity index is 2.34. The summed E-state index contributed by atoms with van der Waals surface area (Å²) < 4.78 is 3.31. The first kappa shape index (κ1) is 10.5. The summed E-state index contributed by atoms with van der Waals surface area (Å²) in [7, 11) is 1.79. The monoisotopic (exact) mass is 219 g/mol. The van der Waals surface area contributed by atoms with Crippen molar-refractivity contribution in [3.05, 3.63) is 30.1 Å². The highest BCUT2D eigenvalue weighted by Crippen LogP contribution is 2.07. The quantitative estimate of drug-likeness (QED) is 0.708. The normalized spacial score (nSPS) is 10.6. The fourth-order valence-corrected chi connectivity index (χ4v) is 1.52. The molecule has 6 nitrogen and oxygen atoms in total. The Morgan fingerprint density at radius 1 is 1.38 bits per heavy atom. The van der Waals surface area contributed by atoms with Crippen molar-refractivity contribution < 1.29 is 4.79 Å². The lowest BCUT2D eigenvalue weighted by molar-refractivity contribution is 0.102. The topological polar surface area (TPSA) is 65.6 Å². The van der Waals surface area contributed by atoms with Gasteiger partial charge in [-0.05, 0) is 6.42 Å². The lowest BCUT2D eigenvalue weighted by atomic mass is 10.2. The summed E-state index contributed by atoms with van der Waals surface area (Å²) in [5.74, 6) is -0.0987. The molecule has 0 saturated carbocycles. The number of carbonyl (C=O) groups is 1. The largest absolute Gasteiger partial charge is 0.331 e. The van der Waals surface area contributed by atoms with Gasteiger partial charge in [-0.2, -0.15) is 0 Å². The Kier molecular flexibility index (Phi) is 2.80. The van der Waals surface area contributed by atoms with E-state index in [-0.39, 0.29) is 5.78 Å². The van der Waals surface area contributed by atoms with Crippen LogP contribution in [-0.4, -0.2) is 30.3 Å². The summed E-state index contributed by atoms with van der Waals surface area (Å²) in [4.78, 5) is 16.0. The molecule has 0 bridgehead atoms. The molecule has 0 amide bonds. The lowest BCUT2D eigenvalue weighted by Gasteiger charge is -2.03. The van der Waals surface area contributed by atoms with Gasteiger partial charge in [-0.15, -0.1) is 5.10 Å². The van der Waals surface area contributed by atoms with Gasteiger partial charge < -0.3 is 4.57 Å². The SMILES string of the molecule is CCCn1nncc1C(=O)c1cncn1C. The molecule has 84 valence electrons. The van der Waals surface area contributed by atoms with Crippen molar-refractivity contribution in [2.24, 2.45) is 7.05 Å². The van der Waals surface area contributed by atoms with Crippen LogP contribution in [0.25, 0.3) is 0 Å². The Morgan fingerprint density at radius 2 is 2.19 bits per heavy atom. The van der Waals surface area contributed by atoms with Crippen LogP contribution < -0.4 is 0 Å². The van der Waals surface area contributed by atoms with Crippen LogP contribution in [0.4, 0.5) is 0 Å². The fraction of sp³-hybridized carbons (Fsp3) is 0.400. The van der Waals surface area contributed by atoms with E-state index in [2.05, 4.69) is 15.3 Å². The second-order valence-electron chi connectivity index (χ2n) is 3.56. The van der Waals surface area contributed by atoms with Gasteiger partial charge in [0, 0.05) is 13.6 Å². The van der Waals surface area contributed by atoms with Crippen molar-refractivity contribution in [2.75, 3.05) is 0 Å². The average Bonchev–Trinajstić information content (AvgIpc) is 2.87. The number of aryl methyl sites for hydroxylation is 2. The summed E-state index contributed by atoms with van der Waals surface area (Å²) in [5.41, 5.74) is 1.05. The van der Waals surface area contributed by atoms with Gasteiger partial charge in [0.25, 0.3) is 0 Å². The van der Waals surface area contributed by atoms with Gasteiger partial charge in [-0.3, -0.25) is 4.79 Å². The molecule has 6 heteroatoms. The summed E-state index contributed by atoms with van der Waals surface area (Å²) in [6.07, 6.45) is 5.55. The van der Waals surface area contributed by atoms with Crippen LogP contribution >= 0.6 is 0 Å². The molecule has 0 radical (unpaired) electrons. The Morgan fingerprint density at radius 3 is 2.81 bits per heavy atom. The van der Waals surface area contributed by atoms with Crippen molar-refractivity contribution in [1.82, 2.24) is 24.5 Å². The summed E-state index contributed by atoms with van der Waals surface area (Å²) in [6.45, 7) is 2.72. The molecular weight excluding hydrogens is 206 g/mol. The van der Waals surface area contributed by atoms with Crippen LogP contribution in [0.5, 0.6) is 0 Å². The van der Waals surface area contributed by atoms with Gasteiger partial charge in [-0.25, -0.2) is 9.67 Å². The zero-order chi connectivity index (χ0) is 11.5. The number of ketones is 1. The summed E-state index contributed by atoms with van der Waals surface area (Å²) >= 11 is 0. The standard InChI is InChI=1S/C10H13N5O/c1-3-4-15-9(6-12-13-15)10(16)8-5-11-7-14(8)2/h5-7H,3-4H2,1-2H3. The number of rotatable bonds is 4. The number of hydrogen-bond donors (Lipinski definition) is 0. The molecule has 0 fully saturated rings. The van der Waals surface area contributed by atoms with Crippen LogP contribution in [0.3, 0.4) is 0 Å². The predicted molar refractivity (Wildman–Crippen MR) is 57.0 cm³/mol. The zero-order valence-corrected chi connectivity index (χ0v) is 9.29. The highest BCUT2D eigenvalue weighted by molar-refractivity contribution is 6.06. The van der Waals surface area contributed by atoms with Crippen LogP contribution in [0.15, 0.2) is 18.7 Å². The highest BCUT2D eigenvalue weighted by Gasteiger charge is 2.17. The van der Waals surface area contributed by atoms with E-state index in [0.29, 0.717) is 17.9 Å². The summed E-state index contributed by atoms with van der Waals surface area (Å²) in [6, 6.07) is 0. The molecule has 0 aliphatic rings. The Labute approximate surface area is 92.9 Å². The summed E-state index contributed by atoms with van der Waals surface area (Å²) in [5, 5.41) is 7.65. The van der Waals surface area contributed by atoms with E-state index in [1.165, 1.54) is 6.20 Å². The minimum Gasteiger partial charge on any atom is -0.331 e. The smallest absolute Gasteiger partial charge is 0.230 e. The van der Waals surface area contributed by atoms with Crippen molar-refractivity contribution in [3.8, 4) is 0 Å². The van der Waals surface area contributed by atoms with Gasteiger partial charge in [0.15, 0.2) is 0 Å². The Hall–Kier alpha value is -1.98. The minimum atomic E-state index is -0.0987. The fourth-order valence-electron chi connectivity index (χ4n) is 1.52. The maximum Gasteiger partial charge on any atom is 0.230 e. The molecule has 0 spiro atoms. The van der Waals surface area contributed by atoms with Gasteiger partial charge in [0.05, 0.1) is 18.7 Å². The van der Waals surface area contributed by atoms with Gasteiger partial charge in [0.1, 0.15) is 11.4 Å². The second kappa shape index (κ2) is 4.26. The van der Waals surface area contributed by atoms with Crippen LogP contribution in [-0.2, 0) is 13.6 Å². The van der Waals surface area contributed by atoms with E-state index in [4.69, 9.17) is 0 Å². The van der Waals surface area contributed by atoms with Gasteiger partial charge in [-0.1, -0.05) is 12.1 Å². The van der Waals surface area contributed by atoms with E-state index < -0.39 is 0 Å². The molecule has 16 heavy (non-hydrogen) atoms. The number of carbonyl (C=O) groups excluding carboxylic acids is 1. The van der Waals surface area contributed by atoms with Gasteiger partial charge >= 0.3 is 0 Å². The molecule has 0 aliphatic carbocycles. The highest BCUT2D eigenvalue weighted by atomic mass is 16.1. The van der Waals surface area contributed by atoms with Crippen molar-refractivity contribution in [1.29, 1.82) is 0 Å². The first-order chi connectivity index (χ1) is 7.74. The Bertz CT molecular complexity index is 499. The zero-order valence-electron chi connectivity index (χ0n) is 9.29. The molecule has 2 heterocycles. The number of hydrogen-bond acceptors (Lipinski definition) is 4. The first-order valence-electron chi connectivity index (χ1n) is 5.13. The van der Waals surface area contributed by atoms with Gasteiger partial charge in [0.2, 0.25) is 5.78 Å². The van der Waals surface area contributed by atoms with E-state index in [0.717, 1.165) is 6.42 Å². The molecule has 2 aromatic heterocycles. The van der Waals surface area contributed by atoms with Crippen molar-refractivity contribution in [2.45, 2.75) is 19.9 Å². The van der Waals surface area contributed by atoms with Crippen LogP contribution in [0.1, 0.15) is 29.5 Å². The van der Waals surface area contributed by atoms with E-state index in [9.17, 15) is 4.79 Å². The maximum absolute atomic E-state index is 12.1.